The van der Waals surface area contributed by atoms with Gasteiger partial charge in [-0.15, -0.1) is 0 Å². The Morgan fingerprint density at radius 1 is 0.733 bits per heavy atom. The van der Waals surface area contributed by atoms with Gasteiger partial charge < -0.3 is 14.4 Å². The van der Waals surface area contributed by atoms with Crippen LogP contribution in [0.3, 0.4) is 0 Å². The van der Waals surface area contributed by atoms with Gasteiger partial charge in [0.2, 0.25) is 0 Å². The molecule has 1 aliphatic rings. The predicted octanol–water partition coefficient (Wildman–Crippen LogP) is 6.29. The zero-order chi connectivity index (χ0) is 22.2. The summed E-state index contributed by atoms with van der Waals surface area (Å²) in [6.07, 6.45) is 20.5. The van der Waals surface area contributed by atoms with Crippen molar-refractivity contribution in [1.82, 2.24) is 4.90 Å². The first-order valence-corrected chi connectivity index (χ1v) is 12.0. The number of carbonyl (C=O) groups excluding carboxylic acids is 2. The van der Waals surface area contributed by atoms with E-state index in [1.54, 1.807) is 19.9 Å². The summed E-state index contributed by atoms with van der Waals surface area (Å²) in [7, 11) is 0. The van der Waals surface area contributed by atoms with Crippen molar-refractivity contribution in [2.45, 2.75) is 111 Å². The van der Waals surface area contributed by atoms with Crippen molar-refractivity contribution in [2.24, 2.45) is 0 Å². The van der Waals surface area contributed by atoms with Crippen molar-refractivity contribution in [2.75, 3.05) is 13.1 Å². The maximum absolute atomic E-state index is 12.1. The highest BCUT2D eigenvalue weighted by molar-refractivity contribution is 6.15. The Labute approximate surface area is 183 Å². The van der Waals surface area contributed by atoms with Gasteiger partial charge in [-0.2, -0.15) is 0 Å². The summed E-state index contributed by atoms with van der Waals surface area (Å²) in [6.45, 7) is 9.59. The maximum Gasteiger partial charge on any atom is 0.348 e. The van der Waals surface area contributed by atoms with Crippen LogP contribution in [-0.4, -0.2) is 35.7 Å². The van der Waals surface area contributed by atoms with E-state index < -0.39 is 17.7 Å². The molecule has 0 amide bonds. The van der Waals surface area contributed by atoms with Gasteiger partial charge in [-0.3, -0.25) is 0 Å². The molecule has 0 aromatic carbocycles. The number of rotatable bonds is 16. The summed E-state index contributed by atoms with van der Waals surface area (Å²) >= 11 is 0. The van der Waals surface area contributed by atoms with Gasteiger partial charge in [-0.1, -0.05) is 78.1 Å². The van der Waals surface area contributed by atoms with E-state index in [-0.39, 0.29) is 5.57 Å². The quantitative estimate of drug-likeness (QED) is 0.127. The Kier molecular flexibility index (Phi) is 13.2. The molecule has 0 atom stereocenters. The molecular formula is C25H43NO4. The van der Waals surface area contributed by atoms with Crippen LogP contribution in [0.4, 0.5) is 0 Å². The van der Waals surface area contributed by atoms with Crippen LogP contribution in [0.5, 0.6) is 0 Å². The van der Waals surface area contributed by atoms with Crippen LogP contribution in [0.2, 0.25) is 0 Å². The lowest BCUT2D eigenvalue weighted by atomic mass is 10.1. The summed E-state index contributed by atoms with van der Waals surface area (Å²) < 4.78 is 10.3. The fraction of sp³-hybridized carbons (Fsp3) is 0.760. The second-order valence-corrected chi connectivity index (χ2v) is 8.67. The van der Waals surface area contributed by atoms with Crippen molar-refractivity contribution in [3.05, 3.63) is 23.9 Å². The minimum absolute atomic E-state index is 0.0512. The fourth-order valence-electron chi connectivity index (χ4n) is 3.51. The molecule has 1 rings (SSSR count). The molecule has 172 valence electrons. The van der Waals surface area contributed by atoms with Crippen LogP contribution >= 0.6 is 0 Å². The second kappa shape index (κ2) is 15.1. The third kappa shape index (κ3) is 11.4. The average Bonchev–Trinajstić information content (AvgIpc) is 2.67. The monoisotopic (exact) mass is 421 g/mol. The lowest BCUT2D eigenvalue weighted by Crippen LogP contribution is -2.41. The van der Waals surface area contributed by atoms with Gasteiger partial charge in [0.25, 0.3) is 5.79 Å². The highest BCUT2D eigenvalue weighted by Gasteiger charge is 2.38. The third-order valence-electron chi connectivity index (χ3n) is 5.27. The minimum atomic E-state index is -1.20. The molecule has 0 aromatic heterocycles. The molecule has 0 aromatic rings. The van der Waals surface area contributed by atoms with Crippen LogP contribution in [0.15, 0.2) is 23.9 Å². The van der Waals surface area contributed by atoms with E-state index in [9.17, 15) is 9.59 Å². The first-order chi connectivity index (χ1) is 14.4. The summed E-state index contributed by atoms with van der Waals surface area (Å²) in [5.74, 6) is -2.45. The average molecular weight is 422 g/mol. The van der Waals surface area contributed by atoms with Crippen LogP contribution in [0.25, 0.3) is 0 Å². The van der Waals surface area contributed by atoms with Crippen molar-refractivity contribution in [1.29, 1.82) is 0 Å². The largest absolute Gasteiger partial charge is 0.419 e. The van der Waals surface area contributed by atoms with E-state index in [1.807, 2.05) is 6.20 Å². The van der Waals surface area contributed by atoms with Gasteiger partial charge in [-0.25, -0.2) is 9.59 Å². The summed E-state index contributed by atoms with van der Waals surface area (Å²) in [5.41, 5.74) is -0.0512. The molecule has 1 aliphatic heterocycles. The Morgan fingerprint density at radius 3 is 1.63 bits per heavy atom. The number of nitrogens with zero attached hydrogens (tertiary/aromatic N) is 1. The highest BCUT2D eigenvalue weighted by Crippen LogP contribution is 2.22. The molecule has 5 heteroatoms. The number of hydrogen-bond acceptors (Lipinski definition) is 5. The standard InChI is InChI=1S/C25H43NO4/c1-5-7-9-11-13-15-19-26(20-16-14-12-10-8-6-2)21-17-18-22-23(27)29-25(3,4)30-24(22)28/h17-18,21H,5-16,19-20H2,1-4H3. The van der Waals surface area contributed by atoms with E-state index in [2.05, 4.69) is 18.7 Å². The molecule has 1 saturated heterocycles. The zero-order valence-electron chi connectivity index (χ0n) is 19.7. The number of hydrogen-bond donors (Lipinski definition) is 0. The van der Waals surface area contributed by atoms with E-state index in [4.69, 9.17) is 9.47 Å². The first kappa shape index (κ1) is 26.3. The first-order valence-electron chi connectivity index (χ1n) is 12.0. The smallest absolute Gasteiger partial charge is 0.348 e. The van der Waals surface area contributed by atoms with Crippen LogP contribution < -0.4 is 0 Å². The minimum Gasteiger partial charge on any atom is -0.419 e. The Bertz CT molecular complexity index is 527. The molecule has 1 fully saturated rings. The van der Waals surface area contributed by atoms with Crippen molar-refractivity contribution in [3.63, 3.8) is 0 Å². The Morgan fingerprint density at radius 2 is 1.17 bits per heavy atom. The third-order valence-corrected chi connectivity index (χ3v) is 5.27. The molecule has 1 heterocycles. The molecule has 0 bridgehead atoms. The van der Waals surface area contributed by atoms with E-state index in [0.29, 0.717) is 0 Å². The molecule has 30 heavy (non-hydrogen) atoms. The number of allylic oxidation sites excluding steroid dienone is 2. The van der Waals surface area contributed by atoms with Crippen LogP contribution in [0.1, 0.15) is 105 Å². The molecule has 0 saturated carbocycles. The summed E-state index contributed by atoms with van der Waals surface area (Å²) in [4.78, 5) is 26.4. The van der Waals surface area contributed by atoms with Gasteiger partial charge in [-0.05, 0) is 31.2 Å². The summed E-state index contributed by atoms with van der Waals surface area (Å²) in [5, 5.41) is 0. The number of cyclic esters (lactones) is 2. The maximum atomic E-state index is 12.1. The lowest BCUT2D eigenvalue weighted by Gasteiger charge is -2.29. The van der Waals surface area contributed by atoms with Crippen LogP contribution in [-0.2, 0) is 19.1 Å². The molecule has 0 N–H and O–H groups in total. The zero-order valence-corrected chi connectivity index (χ0v) is 19.7. The van der Waals surface area contributed by atoms with Crippen molar-refractivity contribution >= 4 is 11.9 Å². The van der Waals surface area contributed by atoms with E-state index in [1.165, 1.54) is 83.1 Å². The second-order valence-electron chi connectivity index (χ2n) is 8.67. The summed E-state index contributed by atoms with van der Waals surface area (Å²) in [6, 6.07) is 0. The Balaban J connectivity index is 2.55. The number of esters is 2. The number of unbranched alkanes of at least 4 members (excludes halogenated alkanes) is 10. The molecule has 5 nitrogen and oxygen atoms in total. The van der Waals surface area contributed by atoms with Crippen molar-refractivity contribution in [3.8, 4) is 0 Å². The van der Waals surface area contributed by atoms with Crippen molar-refractivity contribution < 1.29 is 19.1 Å². The molecular weight excluding hydrogens is 378 g/mol. The number of ether oxygens (including phenoxy) is 2. The van der Waals surface area contributed by atoms with Gasteiger partial charge in [0.05, 0.1) is 0 Å². The number of carbonyl (C=O) groups is 2. The Hall–Kier alpha value is -1.78. The van der Waals surface area contributed by atoms with Gasteiger partial charge in [0, 0.05) is 26.9 Å². The van der Waals surface area contributed by atoms with E-state index in [0.717, 1.165) is 13.1 Å². The van der Waals surface area contributed by atoms with Gasteiger partial charge in [0.15, 0.2) is 0 Å². The highest BCUT2D eigenvalue weighted by atomic mass is 16.7. The van der Waals surface area contributed by atoms with Gasteiger partial charge in [0.1, 0.15) is 5.57 Å². The van der Waals surface area contributed by atoms with Crippen LogP contribution in [0, 0.1) is 0 Å². The normalized spacial score (nSPS) is 15.9. The fourth-order valence-corrected chi connectivity index (χ4v) is 3.51. The SMILES string of the molecule is CCCCCCCCN(C=CC=C1C(=O)OC(C)(C)OC1=O)CCCCCCCC. The molecule has 0 unspecified atom stereocenters. The molecule has 0 radical (unpaired) electrons. The molecule has 0 aliphatic carbocycles. The lowest BCUT2D eigenvalue weighted by molar-refractivity contribution is -0.222. The predicted molar refractivity (Wildman–Crippen MR) is 122 cm³/mol. The van der Waals surface area contributed by atoms with E-state index >= 15 is 0 Å². The topological polar surface area (TPSA) is 55.8 Å². The molecule has 0 spiro atoms. The van der Waals surface area contributed by atoms with Gasteiger partial charge >= 0.3 is 11.9 Å².